The van der Waals surface area contributed by atoms with E-state index in [9.17, 15) is 19.8 Å². The van der Waals surface area contributed by atoms with E-state index in [1.54, 1.807) is 6.08 Å². The van der Waals surface area contributed by atoms with E-state index in [1.165, 1.54) is 6.08 Å². The lowest BCUT2D eigenvalue weighted by Gasteiger charge is -2.57. The van der Waals surface area contributed by atoms with Crippen LogP contribution in [0.2, 0.25) is 0 Å². The van der Waals surface area contributed by atoms with E-state index in [0.29, 0.717) is 36.5 Å². The van der Waals surface area contributed by atoms with Crippen LogP contribution in [0.25, 0.3) is 0 Å². The zero-order valence-electron chi connectivity index (χ0n) is 15.2. The maximum absolute atomic E-state index is 12.2. The smallest absolute Gasteiger partial charge is 0.334 e. The molecule has 2 aliphatic heterocycles. The quantitative estimate of drug-likeness (QED) is 0.745. The predicted octanol–water partition coefficient (Wildman–Crippen LogP) is 1.85. The molecular formula is C20H26O6. The molecule has 0 aromatic carbocycles. The van der Waals surface area contributed by atoms with Crippen molar-refractivity contribution < 1.29 is 29.3 Å². The lowest BCUT2D eigenvalue weighted by molar-refractivity contribution is -0.151. The van der Waals surface area contributed by atoms with E-state index < -0.39 is 18.4 Å². The lowest BCUT2D eigenvalue weighted by Crippen LogP contribution is -2.53. The monoisotopic (exact) mass is 362 g/mol. The molecule has 0 radical (unpaired) electrons. The molecule has 6 nitrogen and oxygen atoms in total. The minimum atomic E-state index is -1.15. The van der Waals surface area contributed by atoms with Crippen LogP contribution in [-0.2, 0) is 19.1 Å². The number of rotatable bonds is 3. The first-order valence-corrected chi connectivity index (χ1v) is 9.43. The Morgan fingerprint density at radius 3 is 2.77 bits per heavy atom. The second-order valence-corrected chi connectivity index (χ2v) is 8.62. The van der Waals surface area contributed by atoms with Crippen LogP contribution in [-0.4, -0.2) is 41.2 Å². The van der Waals surface area contributed by atoms with Crippen molar-refractivity contribution in [1.82, 2.24) is 0 Å². The largest absolute Gasteiger partial charge is 0.461 e. The molecule has 4 aliphatic rings. The number of hydrogen-bond acceptors (Lipinski definition) is 6. The Bertz CT molecular complexity index is 709. The molecule has 6 heteroatoms. The van der Waals surface area contributed by atoms with Gasteiger partial charge in [0.25, 0.3) is 0 Å². The summed E-state index contributed by atoms with van der Waals surface area (Å²) in [6, 6.07) is 0. The highest BCUT2D eigenvalue weighted by Gasteiger charge is 2.61. The molecule has 4 rings (SSSR count). The van der Waals surface area contributed by atoms with Gasteiger partial charge in [-0.05, 0) is 55.4 Å². The summed E-state index contributed by atoms with van der Waals surface area (Å²) in [5.74, 6) is -0.274. The molecule has 2 N–H and O–H groups in total. The van der Waals surface area contributed by atoms with Gasteiger partial charge in [0, 0.05) is 22.6 Å². The van der Waals surface area contributed by atoms with E-state index in [4.69, 9.17) is 9.47 Å². The molecule has 1 saturated heterocycles. The summed E-state index contributed by atoms with van der Waals surface area (Å²) in [6.45, 7) is 4.83. The van der Waals surface area contributed by atoms with Gasteiger partial charge in [-0.3, -0.25) is 0 Å². The van der Waals surface area contributed by atoms with E-state index in [1.807, 2.05) is 0 Å². The van der Waals surface area contributed by atoms with Crippen molar-refractivity contribution in [2.75, 3.05) is 6.61 Å². The van der Waals surface area contributed by atoms with Gasteiger partial charge in [-0.15, -0.1) is 0 Å². The molecule has 142 valence electrons. The fourth-order valence-corrected chi connectivity index (χ4v) is 5.70. The Morgan fingerprint density at radius 2 is 2.08 bits per heavy atom. The maximum Gasteiger partial charge on any atom is 0.334 e. The molecule has 1 saturated carbocycles. The molecule has 2 fully saturated rings. The Balaban J connectivity index is 1.64. The summed E-state index contributed by atoms with van der Waals surface area (Å²) in [5, 5.41) is 20.3. The van der Waals surface area contributed by atoms with E-state index >= 15 is 0 Å². The first kappa shape index (κ1) is 17.7. The first-order valence-electron chi connectivity index (χ1n) is 9.43. The van der Waals surface area contributed by atoms with Gasteiger partial charge in [0.05, 0.1) is 6.10 Å². The number of carbonyl (C=O) groups is 2. The van der Waals surface area contributed by atoms with Crippen molar-refractivity contribution in [3.63, 3.8) is 0 Å². The first-order chi connectivity index (χ1) is 12.3. The van der Waals surface area contributed by atoms with Gasteiger partial charge in [-0.1, -0.05) is 13.8 Å². The molecule has 2 aliphatic carbocycles. The van der Waals surface area contributed by atoms with Gasteiger partial charge in [0.15, 0.2) is 0 Å². The van der Waals surface area contributed by atoms with Gasteiger partial charge in [0.1, 0.15) is 6.61 Å². The number of hydrogen-bond donors (Lipinski definition) is 2. The SMILES string of the molecule is CC1CCC23COC(=O)C2=CC(O)CC3C1(C)CCC1=CC(=O)OC1O. The fourth-order valence-electron chi connectivity index (χ4n) is 5.70. The van der Waals surface area contributed by atoms with Crippen molar-refractivity contribution in [3.8, 4) is 0 Å². The second kappa shape index (κ2) is 5.92. The zero-order valence-corrected chi connectivity index (χ0v) is 15.2. The van der Waals surface area contributed by atoms with Crippen LogP contribution in [0.3, 0.4) is 0 Å². The summed E-state index contributed by atoms with van der Waals surface area (Å²) in [7, 11) is 0. The number of esters is 2. The normalized spacial score (nSPS) is 44.6. The second-order valence-electron chi connectivity index (χ2n) is 8.62. The minimum absolute atomic E-state index is 0.121. The van der Waals surface area contributed by atoms with E-state index in [-0.39, 0.29) is 22.7 Å². The lowest BCUT2D eigenvalue weighted by atomic mass is 9.46. The van der Waals surface area contributed by atoms with Crippen molar-refractivity contribution in [1.29, 1.82) is 0 Å². The predicted molar refractivity (Wildman–Crippen MR) is 91.5 cm³/mol. The van der Waals surface area contributed by atoms with Gasteiger partial charge in [-0.25, -0.2) is 9.59 Å². The van der Waals surface area contributed by atoms with E-state index in [2.05, 4.69) is 13.8 Å². The number of aliphatic hydroxyl groups is 2. The average Bonchev–Trinajstić information content (AvgIpc) is 3.09. The summed E-state index contributed by atoms with van der Waals surface area (Å²) < 4.78 is 10.2. The fraction of sp³-hybridized carbons (Fsp3) is 0.700. The Kier molecular flexibility index (Phi) is 4.04. The molecule has 0 aromatic heterocycles. The molecule has 26 heavy (non-hydrogen) atoms. The maximum atomic E-state index is 12.2. The molecule has 0 bridgehead atoms. The number of cyclic esters (lactones) is 2. The van der Waals surface area contributed by atoms with Crippen molar-refractivity contribution >= 4 is 11.9 Å². The molecule has 0 aromatic rings. The van der Waals surface area contributed by atoms with Gasteiger partial charge in [0.2, 0.25) is 6.29 Å². The van der Waals surface area contributed by atoms with E-state index in [0.717, 1.165) is 19.3 Å². The van der Waals surface area contributed by atoms with Crippen molar-refractivity contribution in [3.05, 3.63) is 23.3 Å². The molecule has 1 spiro atoms. The highest BCUT2D eigenvalue weighted by molar-refractivity contribution is 5.93. The Morgan fingerprint density at radius 1 is 1.31 bits per heavy atom. The number of ether oxygens (including phenoxy) is 2. The highest BCUT2D eigenvalue weighted by Crippen LogP contribution is 2.64. The topological polar surface area (TPSA) is 93.1 Å². The number of carbonyl (C=O) groups excluding carboxylic acids is 2. The van der Waals surface area contributed by atoms with Crippen LogP contribution in [0.5, 0.6) is 0 Å². The molecular weight excluding hydrogens is 336 g/mol. The van der Waals surface area contributed by atoms with Crippen LogP contribution >= 0.6 is 0 Å². The third kappa shape index (κ3) is 2.46. The van der Waals surface area contributed by atoms with Gasteiger partial charge >= 0.3 is 11.9 Å². The van der Waals surface area contributed by atoms with Crippen molar-refractivity contribution in [2.24, 2.45) is 22.7 Å². The number of aliphatic hydroxyl groups excluding tert-OH is 2. The summed E-state index contributed by atoms with van der Waals surface area (Å²) in [4.78, 5) is 23.6. The van der Waals surface area contributed by atoms with Crippen LogP contribution in [0, 0.1) is 22.7 Å². The van der Waals surface area contributed by atoms with Gasteiger partial charge < -0.3 is 19.7 Å². The third-order valence-electron chi connectivity index (χ3n) is 7.47. The van der Waals surface area contributed by atoms with Crippen LogP contribution < -0.4 is 0 Å². The van der Waals surface area contributed by atoms with Crippen LogP contribution in [0.15, 0.2) is 23.3 Å². The third-order valence-corrected chi connectivity index (χ3v) is 7.47. The Hall–Kier alpha value is -1.66. The highest BCUT2D eigenvalue weighted by atomic mass is 16.6. The van der Waals surface area contributed by atoms with Gasteiger partial charge in [-0.2, -0.15) is 0 Å². The molecule has 2 heterocycles. The molecule has 6 atom stereocenters. The standard InChI is InChI=1S/C20H26O6/c1-11-3-6-20-10-25-18(24)14(20)8-13(21)9-15(20)19(11,2)5-4-12-7-16(22)26-17(12)23/h7-8,11,13,15,17,21,23H,3-6,9-10H2,1-2H3. The van der Waals surface area contributed by atoms with Crippen LogP contribution in [0.1, 0.15) is 46.0 Å². The summed E-state index contributed by atoms with van der Waals surface area (Å²) in [6.07, 6.45) is 5.08. The van der Waals surface area contributed by atoms with Crippen molar-refractivity contribution in [2.45, 2.75) is 58.3 Å². The minimum Gasteiger partial charge on any atom is -0.461 e. The Labute approximate surface area is 152 Å². The molecule has 0 amide bonds. The summed E-state index contributed by atoms with van der Waals surface area (Å²) >= 11 is 0. The average molecular weight is 362 g/mol. The summed E-state index contributed by atoms with van der Waals surface area (Å²) in [5.41, 5.74) is 0.804. The van der Waals surface area contributed by atoms with Crippen LogP contribution in [0.4, 0.5) is 0 Å². The molecule has 6 unspecified atom stereocenters. The zero-order chi connectivity index (χ0) is 18.7.